The molecule has 2 N–H and O–H groups in total. The average Bonchev–Trinajstić information content (AvgIpc) is 3.06. The number of rotatable bonds is 5. The Morgan fingerprint density at radius 1 is 1.31 bits per heavy atom. The maximum absolute atomic E-state index is 12.1. The number of ether oxygens (including phenoxy) is 2. The van der Waals surface area contributed by atoms with Gasteiger partial charge in [-0.2, -0.15) is 0 Å². The van der Waals surface area contributed by atoms with Crippen LogP contribution in [0.5, 0.6) is 11.5 Å². The fourth-order valence-electron chi connectivity index (χ4n) is 2.74. The van der Waals surface area contributed by atoms with Crippen LogP contribution in [0, 0.1) is 6.92 Å². The van der Waals surface area contributed by atoms with Gasteiger partial charge in [0, 0.05) is 0 Å². The maximum Gasteiger partial charge on any atom is 0.230 e. The number of nitrogens with zero attached hydrogens (tertiary/aromatic N) is 1. The quantitative estimate of drug-likeness (QED) is 0.677. The van der Waals surface area contributed by atoms with Crippen LogP contribution in [0.3, 0.4) is 0 Å². The second kappa shape index (κ2) is 7.29. The molecule has 1 aromatic heterocycles. The number of H-pyrrole nitrogens is 1. The highest BCUT2D eigenvalue weighted by molar-refractivity contribution is 7.99. The van der Waals surface area contributed by atoms with Gasteiger partial charge in [-0.05, 0) is 36.8 Å². The lowest BCUT2D eigenvalue weighted by molar-refractivity contribution is -0.119. The van der Waals surface area contributed by atoms with Crippen molar-refractivity contribution in [1.82, 2.24) is 15.3 Å². The van der Waals surface area contributed by atoms with Gasteiger partial charge >= 0.3 is 0 Å². The number of aromatic nitrogens is 2. The van der Waals surface area contributed by atoms with Crippen molar-refractivity contribution in [2.45, 2.75) is 18.2 Å². The lowest BCUT2D eigenvalue weighted by atomic mass is 10.2. The van der Waals surface area contributed by atoms with Crippen molar-refractivity contribution in [2.24, 2.45) is 0 Å². The van der Waals surface area contributed by atoms with Crippen LogP contribution in [-0.2, 0) is 4.79 Å². The molecule has 1 amide bonds. The monoisotopic (exact) mass is 369 g/mol. The van der Waals surface area contributed by atoms with E-state index >= 15 is 0 Å². The second-order valence-corrected chi connectivity index (χ2v) is 7.12. The van der Waals surface area contributed by atoms with E-state index in [2.05, 4.69) is 15.3 Å². The number of thioether (sulfide) groups is 1. The van der Waals surface area contributed by atoms with Gasteiger partial charge in [-0.3, -0.25) is 4.79 Å². The van der Waals surface area contributed by atoms with E-state index < -0.39 is 0 Å². The summed E-state index contributed by atoms with van der Waals surface area (Å²) >= 11 is 1.38. The Kier molecular flexibility index (Phi) is 4.71. The Labute approximate surface area is 155 Å². The fraction of sp³-hybridized carbons (Fsp3) is 0.263. The number of benzene rings is 2. The minimum Gasteiger partial charge on any atom is -0.486 e. The van der Waals surface area contributed by atoms with Gasteiger partial charge in [0.1, 0.15) is 12.7 Å². The molecule has 0 saturated heterocycles. The SMILES string of the molecule is Cc1ccc2nc(SCC(=O)NCC3COc4ccccc4O3)[nH]c2c1. The third kappa shape index (κ3) is 3.77. The number of carbonyl (C=O) groups excluding carboxylic acids is 1. The van der Waals surface area contributed by atoms with Crippen LogP contribution in [0.15, 0.2) is 47.6 Å². The van der Waals surface area contributed by atoms with Gasteiger partial charge in [0.15, 0.2) is 16.7 Å². The number of aryl methyl sites for hydroxylation is 1. The van der Waals surface area contributed by atoms with Gasteiger partial charge in [0.25, 0.3) is 0 Å². The highest BCUT2D eigenvalue weighted by Gasteiger charge is 2.21. The zero-order chi connectivity index (χ0) is 17.9. The van der Waals surface area contributed by atoms with E-state index in [1.807, 2.05) is 49.4 Å². The first kappa shape index (κ1) is 16.8. The summed E-state index contributed by atoms with van der Waals surface area (Å²) in [5.74, 6) is 1.69. The minimum atomic E-state index is -0.187. The molecule has 0 saturated carbocycles. The number of hydrogen-bond acceptors (Lipinski definition) is 5. The van der Waals surface area contributed by atoms with Gasteiger partial charge in [-0.15, -0.1) is 0 Å². The minimum absolute atomic E-state index is 0.0610. The summed E-state index contributed by atoms with van der Waals surface area (Å²) in [4.78, 5) is 19.8. The summed E-state index contributed by atoms with van der Waals surface area (Å²) in [6.45, 7) is 2.87. The maximum atomic E-state index is 12.1. The first-order valence-electron chi connectivity index (χ1n) is 8.42. The molecule has 26 heavy (non-hydrogen) atoms. The molecule has 6 nitrogen and oxygen atoms in total. The van der Waals surface area contributed by atoms with E-state index in [1.165, 1.54) is 17.3 Å². The van der Waals surface area contributed by atoms with E-state index in [-0.39, 0.29) is 12.0 Å². The highest BCUT2D eigenvalue weighted by Crippen LogP contribution is 2.30. The molecule has 134 valence electrons. The van der Waals surface area contributed by atoms with E-state index in [4.69, 9.17) is 9.47 Å². The molecule has 7 heteroatoms. The highest BCUT2D eigenvalue weighted by atomic mass is 32.2. The molecule has 0 aliphatic carbocycles. The third-order valence-electron chi connectivity index (χ3n) is 4.05. The summed E-state index contributed by atoms with van der Waals surface area (Å²) in [7, 11) is 0. The molecule has 0 spiro atoms. The molecule has 2 aromatic carbocycles. The van der Waals surface area contributed by atoms with E-state index in [1.54, 1.807) is 0 Å². The average molecular weight is 369 g/mol. The van der Waals surface area contributed by atoms with Gasteiger partial charge < -0.3 is 19.8 Å². The normalized spacial score (nSPS) is 15.8. The van der Waals surface area contributed by atoms with Crippen molar-refractivity contribution in [1.29, 1.82) is 0 Å². The van der Waals surface area contributed by atoms with E-state index in [0.29, 0.717) is 24.7 Å². The van der Waals surface area contributed by atoms with Gasteiger partial charge in [0.05, 0.1) is 23.3 Å². The summed E-state index contributed by atoms with van der Waals surface area (Å²) in [5.41, 5.74) is 3.07. The van der Waals surface area contributed by atoms with Crippen LogP contribution >= 0.6 is 11.8 Å². The molecule has 2 heterocycles. The van der Waals surface area contributed by atoms with Crippen molar-refractivity contribution in [3.05, 3.63) is 48.0 Å². The predicted molar refractivity (Wildman–Crippen MR) is 101 cm³/mol. The van der Waals surface area contributed by atoms with Crippen molar-refractivity contribution < 1.29 is 14.3 Å². The predicted octanol–water partition coefficient (Wildman–Crippen LogP) is 2.92. The Bertz CT molecular complexity index is 941. The van der Waals surface area contributed by atoms with E-state index in [0.717, 1.165) is 21.9 Å². The molecular formula is C19H19N3O3S. The molecule has 1 unspecified atom stereocenters. The Morgan fingerprint density at radius 3 is 3.04 bits per heavy atom. The lowest BCUT2D eigenvalue weighted by Crippen LogP contribution is -2.41. The summed E-state index contributed by atoms with van der Waals surface area (Å²) in [5, 5.41) is 3.63. The van der Waals surface area contributed by atoms with Crippen LogP contribution in [-0.4, -0.2) is 40.9 Å². The summed E-state index contributed by atoms with van der Waals surface area (Å²) < 4.78 is 11.5. The molecular weight excluding hydrogens is 350 g/mol. The fourth-order valence-corrected chi connectivity index (χ4v) is 3.46. The molecule has 3 aromatic rings. The molecule has 0 fully saturated rings. The number of hydrogen-bond donors (Lipinski definition) is 2. The summed E-state index contributed by atoms with van der Waals surface area (Å²) in [6.07, 6.45) is -0.187. The van der Waals surface area contributed by atoms with Crippen LogP contribution in [0.1, 0.15) is 5.56 Å². The second-order valence-electron chi connectivity index (χ2n) is 6.15. The number of carbonyl (C=O) groups is 1. The van der Waals surface area contributed by atoms with Crippen molar-refractivity contribution in [3.63, 3.8) is 0 Å². The molecule has 0 radical (unpaired) electrons. The van der Waals surface area contributed by atoms with Crippen molar-refractivity contribution in [3.8, 4) is 11.5 Å². The number of aromatic amines is 1. The Balaban J connectivity index is 1.26. The van der Waals surface area contributed by atoms with Crippen LogP contribution in [0.25, 0.3) is 11.0 Å². The standard InChI is InChI=1S/C19H19N3O3S/c1-12-6-7-14-15(8-12)22-19(21-14)26-11-18(23)20-9-13-10-24-16-4-2-3-5-17(16)25-13/h2-8,13H,9-11H2,1H3,(H,20,23)(H,21,22). The van der Waals surface area contributed by atoms with Crippen LogP contribution < -0.4 is 14.8 Å². The number of nitrogens with one attached hydrogen (secondary N) is 2. The smallest absolute Gasteiger partial charge is 0.230 e. The van der Waals surface area contributed by atoms with Crippen molar-refractivity contribution in [2.75, 3.05) is 18.9 Å². The van der Waals surface area contributed by atoms with Crippen LogP contribution in [0.4, 0.5) is 0 Å². The topological polar surface area (TPSA) is 76.2 Å². The van der Waals surface area contributed by atoms with Crippen LogP contribution in [0.2, 0.25) is 0 Å². The molecule has 1 aliphatic rings. The van der Waals surface area contributed by atoms with Gasteiger partial charge in [-0.25, -0.2) is 4.98 Å². The third-order valence-corrected chi connectivity index (χ3v) is 4.92. The molecule has 1 atom stereocenters. The lowest BCUT2D eigenvalue weighted by Gasteiger charge is -2.26. The number of amides is 1. The number of fused-ring (bicyclic) bond motifs is 2. The number of imidazole rings is 1. The first-order chi connectivity index (χ1) is 12.7. The zero-order valence-electron chi connectivity index (χ0n) is 14.3. The largest absolute Gasteiger partial charge is 0.486 e. The van der Waals surface area contributed by atoms with Gasteiger partial charge in [-0.1, -0.05) is 30.0 Å². The molecule has 4 rings (SSSR count). The zero-order valence-corrected chi connectivity index (χ0v) is 15.1. The van der Waals surface area contributed by atoms with Gasteiger partial charge in [0.2, 0.25) is 5.91 Å². The Morgan fingerprint density at radius 2 is 2.15 bits per heavy atom. The molecule has 1 aliphatic heterocycles. The summed E-state index contributed by atoms with van der Waals surface area (Å²) in [6, 6.07) is 13.6. The Hall–Kier alpha value is -2.67. The first-order valence-corrected chi connectivity index (χ1v) is 9.40. The van der Waals surface area contributed by atoms with E-state index in [9.17, 15) is 4.79 Å². The van der Waals surface area contributed by atoms with Crippen molar-refractivity contribution >= 4 is 28.7 Å². The molecule has 0 bridgehead atoms. The number of para-hydroxylation sites is 2.